The molecule has 152 valence electrons. The maximum absolute atomic E-state index is 12.6. The van der Waals surface area contributed by atoms with Crippen LogP contribution in [0.4, 0.5) is 4.79 Å². The monoisotopic (exact) mass is 406 g/mol. The zero-order valence-electron chi connectivity index (χ0n) is 16.5. The maximum Gasteiger partial charge on any atom is 0.317 e. The smallest absolute Gasteiger partial charge is 0.317 e. The van der Waals surface area contributed by atoms with Crippen molar-refractivity contribution >= 4 is 34.4 Å². The first-order chi connectivity index (χ1) is 13.4. The Morgan fingerprint density at radius 1 is 1.43 bits per heavy atom. The lowest BCUT2D eigenvalue weighted by atomic mass is 10.0. The van der Waals surface area contributed by atoms with E-state index in [9.17, 15) is 9.59 Å². The number of nitrogens with zero attached hydrogens (tertiary/aromatic N) is 2. The molecular weight excluding hydrogens is 380 g/mol. The number of ether oxygens (including phenoxy) is 1. The highest BCUT2D eigenvalue weighted by Gasteiger charge is 2.30. The number of urea groups is 1. The summed E-state index contributed by atoms with van der Waals surface area (Å²) in [6.45, 7) is 3.37. The van der Waals surface area contributed by atoms with Crippen LogP contribution in [0.15, 0.2) is 24.3 Å². The predicted molar refractivity (Wildman–Crippen MR) is 109 cm³/mol. The molecule has 1 saturated heterocycles. The van der Waals surface area contributed by atoms with E-state index in [4.69, 9.17) is 16.3 Å². The minimum Gasteiger partial charge on any atom is -0.372 e. The molecule has 1 aliphatic rings. The Balaban J connectivity index is 1.56. The van der Waals surface area contributed by atoms with E-state index in [2.05, 4.69) is 10.3 Å². The highest BCUT2D eigenvalue weighted by molar-refractivity contribution is 6.31. The Bertz CT molecular complexity index is 853. The molecule has 0 spiro atoms. The molecule has 2 aromatic rings. The van der Waals surface area contributed by atoms with Crippen LogP contribution >= 0.6 is 11.6 Å². The fourth-order valence-electron chi connectivity index (χ4n) is 3.55. The first kappa shape index (κ1) is 20.5. The molecule has 2 N–H and O–H groups in total. The third-order valence-electron chi connectivity index (χ3n) is 5.35. The van der Waals surface area contributed by atoms with Crippen molar-refractivity contribution in [1.82, 2.24) is 20.1 Å². The van der Waals surface area contributed by atoms with Crippen LogP contribution in [0.25, 0.3) is 10.9 Å². The van der Waals surface area contributed by atoms with E-state index >= 15 is 0 Å². The van der Waals surface area contributed by atoms with Gasteiger partial charge in [-0.05, 0) is 44.0 Å². The zero-order chi connectivity index (χ0) is 20.3. The van der Waals surface area contributed by atoms with Crippen molar-refractivity contribution in [3.63, 3.8) is 0 Å². The number of H-pyrrole nitrogens is 1. The second kappa shape index (κ2) is 8.84. The molecule has 0 radical (unpaired) electrons. The summed E-state index contributed by atoms with van der Waals surface area (Å²) in [5, 5.41) is 4.64. The van der Waals surface area contributed by atoms with Gasteiger partial charge >= 0.3 is 6.03 Å². The number of piperidine rings is 1. The second-order valence-electron chi connectivity index (χ2n) is 7.25. The Kier molecular flexibility index (Phi) is 6.46. The van der Waals surface area contributed by atoms with E-state index in [0.29, 0.717) is 24.7 Å². The number of aromatic nitrogens is 1. The van der Waals surface area contributed by atoms with E-state index in [0.717, 1.165) is 29.4 Å². The van der Waals surface area contributed by atoms with Gasteiger partial charge in [0.2, 0.25) is 0 Å². The number of hydrogen-bond acceptors (Lipinski definition) is 3. The third kappa shape index (κ3) is 4.59. The number of carbonyl (C=O) groups is 2. The second-order valence-corrected chi connectivity index (χ2v) is 7.69. The molecule has 1 aromatic carbocycles. The fraction of sp³-hybridized carbons (Fsp3) is 0.500. The van der Waals surface area contributed by atoms with Gasteiger partial charge < -0.3 is 24.8 Å². The minimum atomic E-state index is -0.464. The van der Waals surface area contributed by atoms with Gasteiger partial charge in [0, 0.05) is 48.9 Å². The van der Waals surface area contributed by atoms with Crippen molar-refractivity contribution in [3.05, 3.63) is 35.0 Å². The summed E-state index contributed by atoms with van der Waals surface area (Å²) in [4.78, 5) is 31.7. The number of halogens is 1. The third-order valence-corrected chi connectivity index (χ3v) is 5.58. The van der Waals surface area contributed by atoms with Crippen LogP contribution in [-0.2, 0) is 16.1 Å². The van der Waals surface area contributed by atoms with E-state index in [1.165, 1.54) is 7.11 Å². The van der Waals surface area contributed by atoms with Crippen molar-refractivity contribution in [2.24, 2.45) is 0 Å². The van der Waals surface area contributed by atoms with Gasteiger partial charge in [-0.1, -0.05) is 11.6 Å². The SMILES string of the molecule is COC(C)C(=O)N1CCCC(N(C)C(=O)NCc2cc3cc(Cl)ccc3[nH]2)C1. The molecule has 0 aliphatic carbocycles. The van der Waals surface area contributed by atoms with Crippen LogP contribution in [0.3, 0.4) is 0 Å². The summed E-state index contributed by atoms with van der Waals surface area (Å²) in [5.41, 5.74) is 1.89. The van der Waals surface area contributed by atoms with Gasteiger partial charge in [-0.25, -0.2) is 4.79 Å². The van der Waals surface area contributed by atoms with Crippen molar-refractivity contribution in [3.8, 4) is 0 Å². The number of fused-ring (bicyclic) bond motifs is 1. The Hall–Kier alpha value is -2.25. The standard InChI is InChI=1S/C20H27ClN4O3/c1-13(28-3)19(26)25-8-4-5-17(12-25)24(2)20(27)22-11-16-10-14-9-15(21)6-7-18(14)23-16/h6-7,9-10,13,17,23H,4-5,8,11-12H2,1-3H3,(H,22,27). The number of amides is 3. The average Bonchev–Trinajstić information content (AvgIpc) is 3.12. The normalized spacial score (nSPS) is 18.1. The maximum atomic E-state index is 12.6. The summed E-state index contributed by atoms with van der Waals surface area (Å²) in [7, 11) is 3.31. The first-order valence-electron chi connectivity index (χ1n) is 9.48. The molecule has 2 atom stereocenters. The van der Waals surface area contributed by atoms with Crippen LogP contribution in [-0.4, -0.2) is 66.1 Å². The highest BCUT2D eigenvalue weighted by atomic mass is 35.5. The van der Waals surface area contributed by atoms with Crippen molar-refractivity contribution in [2.75, 3.05) is 27.2 Å². The van der Waals surface area contributed by atoms with E-state index in [-0.39, 0.29) is 18.0 Å². The number of carbonyl (C=O) groups excluding carboxylic acids is 2. The number of likely N-dealkylation sites (N-methyl/N-ethyl adjacent to an activating group) is 1. The first-order valence-corrected chi connectivity index (χ1v) is 9.86. The largest absolute Gasteiger partial charge is 0.372 e. The van der Waals surface area contributed by atoms with Gasteiger partial charge in [-0.3, -0.25) is 4.79 Å². The molecule has 1 aliphatic heterocycles. The number of hydrogen-bond donors (Lipinski definition) is 2. The van der Waals surface area contributed by atoms with Gasteiger partial charge in [0.1, 0.15) is 6.10 Å². The number of likely N-dealkylation sites (tertiary alicyclic amines) is 1. The highest BCUT2D eigenvalue weighted by Crippen LogP contribution is 2.20. The Labute approximate surface area is 170 Å². The number of nitrogens with one attached hydrogen (secondary N) is 2. The number of benzene rings is 1. The van der Waals surface area contributed by atoms with Crippen molar-refractivity contribution in [1.29, 1.82) is 0 Å². The molecule has 3 rings (SSSR count). The molecule has 1 aromatic heterocycles. The summed E-state index contributed by atoms with van der Waals surface area (Å²) in [6, 6.07) is 7.45. The summed E-state index contributed by atoms with van der Waals surface area (Å²) >= 11 is 6.02. The molecule has 0 bridgehead atoms. The lowest BCUT2D eigenvalue weighted by Crippen LogP contribution is -2.54. The molecule has 8 heteroatoms. The van der Waals surface area contributed by atoms with Crippen LogP contribution in [0.5, 0.6) is 0 Å². The average molecular weight is 407 g/mol. The van der Waals surface area contributed by atoms with Crippen LogP contribution in [0, 0.1) is 0 Å². The topological polar surface area (TPSA) is 77.7 Å². The fourth-order valence-corrected chi connectivity index (χ4v) is 3.73. The van der Waals surface area contributed by atoms with Gasteiger partial charge in [-0.15, -0.1) is 0 Å². The van der Waals surface area contributed by atoms with Crippen molar-refractivity contribution in [2.45, 2.75) is 38.5 Å². The summed E-state index contributed by atoms with van der Waals surface area (Å²) < 4.78 is 5.13. The zero-order valence-corrected chi connectivity index (χ0v) is 17.3. The lowest BCUT2D eigenvalue weighted by Gasteiger charge is -2.38. The van der Waals surface area contributed by atoms with Crippen LogP contribution < -0.4 is 5.32 Å². The number of aromatic amines is 1. The van der Waals surface area contributed by atoms with Crippen molar-refractivity contribution < 1.29 is 14.3 Å². The molecular formula is C20H27ClN4O3. The molecule has 0 saturated carbocycles. The van der Waals surface area contributed by atoms with E-state index in [1.54, 1.807) is 23.8 Å². The van der Waals surface area contributed by atoms with Gasteiger partial charge in [0.25, 0.3) is 5.91 Å². The van der Waals surface area contributed by atoms with Gasteiger partial charge in [0.05, 0.1) is 12.6 Å². The molecule has 2 unspecified atom stereocenters. The summed E-state index contributed by atoms with van der Waals surface area (Å²) in [6.07, 6.45) is 1.28. The van der Waals surface area contributed by atoms with E-state index < -0.39 is 6.10 Å². The van der Waals surface area contributed by atoms with Gasteiger partial charge in [-0.2, -0.15) is 0 Å². The van der Waals surface area contributed by atoms with Crippen LogP contribution in [0.2, 0.25) is 5.02 Å². The minimum absolute atomic E-state index is 0.0109. The lowest BCUT2D eigenvalue weighted by molar-refractivity contribution is -0.142. The van der Waals surface area contributed by atoms with Gasteiger partial charge in [0.15, 0.2) is 0 Å². The molecule has 7 nitrogen and oxygen atoms in total. The molecule has 2 heterocycles. The Morgan fingerprint density at radius 3 is 2.96 bits per heavy atom. The quantitative estimate of drug-likeness (QED) is 0.801. The molecule has 1 fully saturated rings. The summed E-state index contributed by atoms with van der Waals surface area (Å²) in [5.74, 6) is -0.0299. The molecule has 3 amide bonds. The predicted octanol–water partition coefficient (Wildman–Crippen LogP) is 2.99. The number of methoxy groups -OCH3 is 1. The Morgan fingerprint density at radius 2 is 2.21 bits per heavy atom. The van der Waals surface area contributed by atoms with Crippen LogP contribution in [0.1, 0.15) is 25.5 Å². The molecule has 28 heavy (non-hydrogen) atoms. The van der Waals surface area contributed by atoms with E-state index in [1.807, 2.05) is 24.3 Å². The number of rotatable bonds is 5.